The van der Waals surface area contributed by atoms with Crippen LogP contribution in [0.2, 0.25) is 0 Å². The molecule has 1 aromatic heterocycles. The second-order valence-corrected chi connectivity index (χ2v) is 9.84. The minimum atomic E-state index is -0.784. The van der Waals surface area contributed by atoms with Crippen LogP contribution >= 0.6 is 11.3 Å². The Morgan fingerprint density at radius 3 is 2.48 bits per heavy atom. The molecule has 1 aromatic carbocycles. The molecule has 0 radical (unpaired) electrons. The summed E-state index contributed by atoms with van der Waals surface area (Å²) in [6.45, 7) is 8.07. The Kier molecular flexibility index (Phi) is 7.79. The second kappa shape index (κ2) is 11.0. The van der Waals surface area contributed by atoms with Gasteiger partial charge in [-0.3, -0.25) is 19.9 Å². The Morgan fingerprint density at radius 2 is 1.76 bits per heavy atom. The SMILES string of the molecule is Cc1ccc(NC(=O)Nc2ncc(CN3CCN(CC(=O)O)CC3)s2)c(N2CCCCC2)c1. The number of aryl methyl sites for hydroxylation is 1. The number of aromatic nitrogens is 1. The Balaban J connectivity index is 1.30. The summed E-state index contributed by atoms with van der Waals surface area (Å²) in [6, 6.07) is 5.83. The monoisotopic (exact) mass is 472 g/mol. The Hall–Kier alpha value is -2.69. The minimum absolute atomic E-state index is 0.0953. The topological polar surface area (TPSA) is 101 Å². The van der Waals surface area contributed by atoms with Crippen LogP contribution in [-0.2, 0) is 11.3 Å². The molecule has 178 valence electrons. The minimum Gasteiger partial charge on any atom is -0.480 e. The van der Waals surface area contributed by atoms with Gasteiger partial charge in [0.2, 0.25) is 0 Å². The maximum absolute atomic E-state index is 12.7. The van der Waals surface area contributed by atoms with Crippen molar-refractivity contribution >= 4 is 39.8 Å². The predicted octanol–water partition coefficient (Wildman–Crippen LogP) is 3.29. The lowest BCUT2D eigenvalue weighted by atomic mass is 10.1. The van der Waals surface area contributed by atoms with Crippen molar-refractivity contribution in [3.8, 4) is 0 Å². The molecule has 0 unspecified atom stereocenters. The number of piperidine rings is 1. The molecule has 0 atom stereocenters. The number of hydrogen-bond acceptors (Lipinski definition) is 7. The van der Waals surface area contributed by atoms with Gasteiger partial charge in [-0.05, 0) is 43.9 Å². The molecule has 0 aliphatic carbocycles. The van der Waals surface area contributed by atoms with Crippen LogP contribution in [-0.4, -0.2) is 77.7 Å². The molecule has 2 saturated heterocycles. The lowest BCUT2D eigenvalue weighted by Gasteiger charge is -2.33. The number of nitrogens with zero attached hydrogens (tertiary/aromatic N) is 4. The molecular formula is C23H32N6O3S. The van der Waals surface area contributed by atoms with Crippen molar-refractivity contribution in [2.24, 2.45) is 0 Å². The Morgan fingerprint density at radius 1 is 1.03 bits per heavy atom. The predicted molar refractivity (Wildman–Crippen MR) is 131 cm³/mol. The number of carbonyl (C=O) groups excluding carboxylic acids is 1. The van der Waals surface area contributed by atoms with E-state index < -0.39 is 5.97 Å². The third-order valence-corrected chi connectivity index (χ3v) is 6.97. The van der Waals surface area contributed by atoms with Crippen molar-refractivity contribution in [1.82, 2.24) is 14.8 Å². The van der Waals surface area contributed by atoms with E-state index in [0.717, 1.165) is 62.1 Å². The molecule has 3 N–H and O–H groups in total. The molecule has 2 amide bonds. The van der Waals surface area contributed by atoms with E-state index in [9.17, 15) is 9.59 Å². The highest BCUT2D eigenvalue weighted by molar-refractivity contribution is 7.15. The largest absolute Gasteiger partial charge is 0.480 e. The van der Waals surface area contributed by atoms with Crippen LogP contribution in [0.3, 0.4) is 0 Å². The number of hydrogen-bond donors (Lipinski definition) is 3. The van der Waals surface area contributed by atoms with Gasteiger partial charge in [0.1, 0.15) is 0 Å². The Bertz CT molecular complexity index is 967. The van der Waals surface area contributed by atoms with Crippen molar-refractivity contribution in [2.75, 3.05) is 61.3 Å². The van der Waals surface area contributed by atoms with Gasteiger partial charge in [0, 0.05) is 56.9 Å². The van der Waals surface area contributed by atoms with E-state index in [1.807, 2.05) is 17.0 Å². The van der Waals surface area contributed by atoms with Gasteiger partial charge in [-0.15, -0.1) is 11.3 Å². The normalized spacial score (nSPS) is 17.7. The first kappa shape index (κ1) is 23.5. The number of carbonyl (C=O) groups is 2. The summed E-state index contributed by atoms with van der Waals surface area (Å²) in [5.41, 5.74) is 3.07. The number of carboxylic acid groups (broad SMARTS) is 1. The van der Waals surface area contributed by atoms with Gasteiger partial charge in [0.25, 0.3) is 0 Å². The molecule has 2 aliphatic rings. The molecule has 3 heterocycles. The molecule has 33 heavy (non-hydrogen) atoms. The average molecular weight is 473 g/mol. The van der Waals surface area contributed by atoms with Gasteiger partial charge in [0.15, 0.2) is 5.13 Å². The van der Waals surface area contributed by atoms with Crippen LogP contribution in [0.4, 0.5) is 21.3 Å². The number of aliphatic carboxylic acids is 1. The van der Waals surface area contributed by atoms with E-state index >= 15 is 0 Å². The number of thiazole rings is 1. The lowest BCUT2D eigenvalue weighted by Crippen LogP contribution is -2.47. The summed E-state index contributed by atoms with van der Waals surface area (Å²) >= 11 is 1.47. The molecule has 10 heteroatoms. The fourth-order valence-electron chi connectivity index (χ4n) is 4.35. The standard InChI is InChI=1S/C23H32N6O3S/c1-17-5-6-19(20(13-17)29-7-3-2-4-8-29)25-22(32)26-23-24-14-18(33-23)15-27-9-11-28(12-10-27)16-21(30)31/h5-6,13-14H,2-4,7-12,15-16H2,1H3,(H,30,31)(H2,24,25,26,32). The van der Waals surface area contributed by atoms with Gasteiger partial charge >= 0.3 is 12.0 Å². The first-order valence-electron chi connectivity index (χ1n) is 11.5. The highest BCUT2D eigenvalue weighted by Crippen LogP contribution is 2.30. The van der Waals surface area contributed by atoms with E-state index in [1.54, 1.807) is 6.20 Å². The van der Waals surface area contributed by atoms with E-state index in [4.69, 9.17) is 5.11 Å². The van der Waals surface area contributed by atoms with E-state index in [1.165, 1.54) is 36.2 Å². The number of benzene rings is 1. The quantitative estimate of drug-likeness (QED) is 0.568. The third-order valence-electron chi connectivity index (χ3n) is 6.08. The summed E-state index contributed by atoms with van der Waals surface area (Å²) in [5, 5.41) is 15.4. The first-order valence-corrected chi connectivity index (χ1v) is 12.3. The molecule has 2 fully saturated rings. The summed E-state index contributed by atoms with van der Waals surface area (Å²) < 4.78 is 0. The van der Waals surface area contributed by atoms with Gasteiger partial charge in [0.05, 0.1) is 17.9 Å². The number of piperazine rings is 1. The maximum Gasteiger partial charge on any atom is 0.325 e. The van der Waals surface area contributed by atoms with Gasteiger partial charge in [-0.1, -0.05) is 6.07 Å². The van der Waals surface area contributed by atoms with Crippen LogP contribution < -0.4 is 15.5 Å². The molecule has 2 aliphatic heterocycles. The maximum atomic E-state index is 12.7. The van der Waals surface area contributed by atoms with Gasteiger partial charge in [-0.25, -0.2) is 9.78 Å². The molecule has 9 nitrogen and oxygen atoms in total. The molecular weight excluding hydrogens is 440 g/mol. The van der Waals surface area contributed by atoms with Crippen LogP contribution in [0.25, 0.3) is 0 Å². The first-order chi connectivity index (χ1) is 16.0. The van der Waals surface area contributed by atoms with Crippen LogP contribution in [0.1, 0.15) is 29.7 Å². The molecule has 0 saturated carbocycles. The van der Waals surface area contributed by atoms with Crippen LogP contribution in [0, 0.1) is 6.92 Å². The fourth-order valence-corrected chi connectivity index (χ4v) is 5.20. The van der Waals surface area contributed by atoms with Gasteiger partial charge in [-0.2, -0.15) is 0 Å². The van der Waals surface area contributed by atoms with Crippen molar-refractivity contribution in [3.63, 3.8) is 0 Å². The number of anilines is 3. The molecule has 4 rings (SSSR count). The van der Waals surface area contributed by atoms with E-state index in [-0.39, 0.29) is 12.6 Å². The summed E-state index contributed by atoms with van der Waals surface area (Å²) in [4.78, 5) is 35.6. The number of urea groups is 1. The average Bonchev–Trinajstić information content (AvgIpc) is 3.23. The van der Waals surface area contributed by atoms with Crippen molar-refractivity contribution < 1.29 is 14.7 Å². The number of amides is 2. The van der Waals surface area contributed by atoms with E-state index in [2.05, 4.69) is 38.4 Å². The van der Waals surface area contributed by atoms with Crippen molar-refractivity contribution in [1.29, 1.82) is 0 Å². The highest BCUT2D eigenvalue weighted by atomic mass is 32.1. The smallest absolute Gasteiger partial charge is 0.325 e. The lowest BCUT2D eigenvalue weighted by molar-refractivity contribution is -0.138. The van der Waals surface area contributed by atoms with Crippen LogP contribution in [0.15, 0.2) is 24.4 Å². The second-order valence-electron chi connectivity index (χ2n) is 8.73. The zero-order valence-corrected chi connectivity index (χ0v) is 19.9. The number of carboxylic acids is 1. The summed E-state index contributed by atoms with van der Waals surface area (Å²) in [7, 11) is 0. The summed E-state index contributed by atoms with van der Waals surface area (Å²) in [6.07, 6.45) is 5.41. The number of rotatable bonds is 7. The van der Waals surface area contributed by atoms with Crippen molar-refractivity contribution in [2.45, 2.75) is 32.7 Å². The highest BCUT2D eigenvalue weighted by Gasteiger charge is 2.20. The fraction of sp³-hybridized carbons (Fsp3) is 0.522. The van der Waals surface area contributed by atoms with Crippen LogP contribution in [0.5, 0.6) is 0 Å². The molecule has 2 aromatic rings. The number of nitrogens with one attached hydrogen (secondary N) is 2. The zero-order chi connectivity index (χ0) is 23.2. The Labute approximate surface area is 198 Å². The molecule has 0 spiro atoms. The molecule has 0 bridgehead atoms. The summed E-state index contributed by atoms with van der Waals surface area (Å²) in [5.74, 6) is -0.784. The van der Waals surface area contributed by atoms with E-state index in [0.29, 0.717) is 5.13 Å². The zero-order valence-electron chi connectivity index (χ0n) is 19.0. The van der Waals surface area contributed by atoms with Gasteiger partial charge < -0.3 is 15.3 Å². The van der Waals surface area contributed by atoms with Crippen molar-refractivity contribution in [3.05, 3.63) is 34.8 Å². The third kappa shape index (κ3) is 6.66.